The van der Waals surface area contributed by atoms with Crippen molar-refractivity contribution in [2.45, 2.75) is 31.7 Å². The molecule has 2 rings (SSSR count). The van der Waals surface area contributed by atoms with Crippen LogP contribution in [-0.4, -0.2) is 32.9 Å². The molecule has 1 aliphatic heterocycles. The Kier molecular flexibility index (Phi) is 4.62. The van der Waals surface area contributed by atoms with Gasteiger partial charge < -0.3 is 5.32 Å². The third-order valence-electron chi connectivity index (χ3n) is 3.62. The molecule has 20 heavy (non-hydrogen) atoms. The number of aryl methyl sites for hydroxylation is 1. The molecular weight excluding hydrogens is 272 g/mol. The van der Waals surface area contributed by atoms with E-state index in [0.717, 1.165) is 23.1 Å². The van der Waals surface area contributed by atoms with Gasteiger partial charge >= 0.3 is 0 Å². The van der Waals surface area contributed by atoms with E-state index in [1.807, 2.05) is 27.0 Å². The molecule has 5 heteroatoms. The van der Waals surface area contributed by atoms with E-state index >= 15 is 0 Å². The monoisotopic (exact) mass is 294 g/mol. The summed E-state index contributed by atoms with van der Waals surface area (Å²) in [4.78, 5) is 0.392. The van der Waals surface area contributed by atoms with Crippen molar-refractivity contribution in [1.82, 2.24) is 9.62 Å². The zero-order valence-electron chi connectivity index (χ0n) is 12.3. The molecule has 0 amide bonds. The van der Waals surface area contributed by atoms with Gasteiger partial charge in [0, 0.05) is 19.6 Å². The Morgan fingerprint density at radius 2 is 2.05 bits per heavy atom. The van der Waals surface area contributed by atoms with Gasteiger partial charge in [0.15, 0.2) is 0 Å². The number of rotatable bonds is 4. The van der Waals surface area contributed by atoms with Gasteiger partial charge in [0.05, 0.1) is 4.90 Å². The summed E-state index contributed by atoms with van der Waals surface area (Å²) in [7, 11) is -1.53. The summed E-state index contributed by atoms with van der Waals surface area (Å²) < 4.78 is 26.9. The molecule has 0 aliphatic carbocycles. The minimum atomic E-state index is -3.39. The summed E-state index contributed by atoms with van der Waals surface area (Å²) in [6, 6.07) is 5.37. The maximum Gasteiger partial charge on any atom is 0.243 e. The molecule has 0 saturated carbocycles. The fourth-order valence-corrected chi connectivity index (χ4v) is 3.97. The van der Waals surface area contributed by atoms with Gasteiger partial charge in [0.2, 0.25) is 10.0 Å². The summed E-state index contributed by atoms with van der Waals surface area (Å²) >= 11 is 0. The second kappa shape index (κ2) is 6.08. The van der Waals surface area contributed by atoms with E-state index in [1.54, 1.807) is 16.4 Å². The van der Waals surface area contributed by atoms with Crippen molar-refractivity contribution in [2.75, 3.05) is 20.1 Å². The number of benzene rings is 1. The Balaban J connectivity index is 2.34. The average molecular weight is 294 g/mol. The molecule has 1 heterocycles. The maximum absolute atomic E-state index is 12.7. The van der Waals surface area contributed by atoms with Gasteiger partial charge in [-0.25, -0.2) is 8.42 Å². The van der Waals surface area contributed by atoms with Crippen molar-refractivity contribution in [2.24, 2.45) is 0 Å². The highest BCUT2D eigenvalue weighted by molar-refractivity contribution is 7.89. The van der Waals surface area contributed by atoms with Gasteiger partial charge in [-0.15, -0.1) is 0 Å². The molecule has 0 atom stereocenters. The summed E-state index contributed by atoms with van der Waals surface area (Å²) in [6.45, 7) is 5.71. The van der Waals surface area contributed by atoms with Crippen molar-refractivity contribution >= 4 is 10.0 Å². The highest BCUT2D eigenvalue weighted by Gasteiger charge is 2.26. The first-order valence-electron chi connectivity index (χ1n) is 6.85. The summed E-state index contributed by atoms with van der Waals surface area (Å²) in [5.41, 5.74) is 3.24. The largest absolute Gasteiger partial charge is 0.316 e. The second-order valence-corrected chi connectivity index (χ2v) is 7.23. The fraction of sp³-hybridized carbons (Fsp3) is 0.467. The lowest BCUT2D eigenvalue weighted by molar-refractivity contribution is 0.428. The smallest absolute Gasteiger partial charge is 0.243 e. The lowest BCUT2D eigenvalue weighted by atomic mass is 10.1. The maximum atomic E-state index is 12.7. The van der Waals surface area contributed by atoms with Crippen molar-refractivity contribution in [3.63, 3.8) is 0 Å². The van der Waals surface area contributed by atoms with Crippen LogP contribution in [0.1, 0.15) is 24.5 Å². The van der Waals surface area contributed by atoms with Crippen LogP contribution in [0.15, 0.2) is 34.7 Å². The second-order valence-electron chi connectivity index (χ2n) is 5.30. The van der Waals surface area contributed by atoms with E-state index in [9.17, 15) is 8.42 Å². The Bertz CT molecular complexity index is 621. The van der Waals surface area contributed by atoms with Gasteiger partial charge in [-0.1, -0.05) is 17.7 Å². The van der Waals surface area contributed by atoms with E-state index in [2.05, 4.69) is 11.4 Å². The molecule has 110 valence electrons. The average Bonchev–Trinajstić information content (AvgIpc) is 2.41. The summed E-state index contributed by atoms with van der Waals surface area (Å²) in [6.07, 6.45) is 2.90. The van der Waals surface area contributed by atoms with E-state index in [-0.39, 0.29) is 0 Å². The SMILES string of the molecule is CNCc1cc(S(=O)(=O)N2CCC=C(C)C2)ccc1C. The molecule has 0 unspecified atom stereocenters. The molecule has 0 bridgehead atoms. The van der Waals surface area contributed by atoms with Crippen LogP contribution >= 0.6 is 0 Å². The molecule has 0 saturated heterocycles. The van der Waals surface area contributed by atoms with Crippen LogP contribution < -0.4 is 5.32 Å². The standard InChI is InChI=1S/C15H22N2O2S/c1-12-5-4-8-17(11-12)20(18,19)15-7-6-13(2)14(9-15)10-16-3/h5-7,9,16H,4,8,10-11H2,1-3H3. The van der Waals surface area contributed by atoms with Gasteiger partial charge in [0.1, 0.15) is 0 Å². The van der Waals surface area contributed by atoms with Crippen LogP contribution in [0.5, 0.6) is 0 Å². The fourth-order valence-electron chi connectivity index (χ4n) is 2.42. The first-order chi connectivity index (χ1) is 9.45. The Morgan fingerprint density at radius 3 is 2.70 bits per heavy atom. The van der Waals surface area contributed by atoms with Crippen LogP contribution in [0.25, 0.3) is 0 Å². The lowest BCUT2D eigenvalue weighted by Gasteiger charge is -2.25. The van der Waals surface area contributed by atoms with Gasteiger partial charge in [-0.2, -0.15) is 4.31 Å². The molecular formula is C15H22N2O2S. The first kappa shape index (κ1) is 15.2. The molecule has 1 aromatic rings. The van der Waals surface area contributed by atoms with Crippen molar-refractivity contribution in [3.8, 4) is 0 Å². The Labute approximate surface area is 121 Å². The molecule has 1 N–H and O–H groups in total. The third-order valence-corrected chi connectivity index (χ3v) is 5.46. The lowest BCUT2D eigenvalue weighted by Crippen LogP contribution is -2.35. The number of hydrogen-bond acceptors (Lipinski definition) is 3. The molecule has 4 nitrogen and oxygen atoms in total. The minimum absolute atomic E-state index is 0.392. The van der Waals surface area contributed by atoms with Crippen LogP contribution in [0.4, 0.5) is 0 Å². The van der Waals surface area contributed by atoms with Crippen LogP contribution in [0.3, 0.4) is 0 Å². The van der Waals surface area contributed by atoms with Crippen molar-refractivity contribution in [3.05, 3.63) is 41.0 Å². The zero-order valence-corrected chi connectivity index (χ0v) is 13.1. The van der Waals surface area contributed by atoms with Crippen molar-refractivity contribution < 1.29 is 8.42 Å². The molecule has 0 aromatic heterocycles. The Morgan fingerprint density at radius 1 is 1.30 bits per heavy atom. The molecule has 0 fully saturated rings. The predicted molar refractivity (Wildman–Crippen MR) is 81.1 cm³/mol. The van der Waals surface area contributed by atoms with Crippen LogP contribution in [0.2, 0.25) is 0 Å². The molecule has 0 spiro atoms. The van der Waals surface area contributed by atoms with Gasteiger partial charge in [-0.3, -0.25) is 0 Å². The first-order valence-corrected chi connectivity index (χ1v) is 8.29. The molecule has 0 radical (unpaired) electrons. The van der Waals surface area contributed by atoms with Gasteiger partial charge in [0.25, 0.3) is 0 Å². The van der Waals surface area contributed by atoms with E-state index in [1.165, 1.54) is 0 Å². The quantitative estimate of drug-likeness (QED) is 0.865. The number of sulfonamides is 1. The topological polar surface area (TPSA) is 49.4 Å². The van der Waals surface area contributed by atoms with Crippen LogP contribution in [-0.2, 0) is 16.6 Å². The number of nitrogens with one attached hydrogen (secondary N) is 1. The molecule has 1 aromatic carbocycles. The zero-order chi connectivity index (χ0) is 14.8. The highest BCUT2D eigenvalue weighted by Crippen LogP contribution is 2.22. The van der Waals surface area contributed by atoms with E-state index in [4.69, 9.17) is 0 Å². The molecule has 1 aliphatic rings. The third kappa shape index (κ3) is 3.11. The normalized spacial score (nSPS) is 17.1. The Hall–Kier alpha value is -1.17. The van der Waals surface area contributed by atoms with E-state index in [0.29, 0.717) is 24.5 Å². The van der Waals surface area contributed by atoms with Crippen LogP contribution in [0, 0.1) is 6.92 Å². The number of hydrogen-bond donors (Lipinski definition) is 1. The predicted octanol–water partition coefficient (Wildman–Crippen LogP) is 2.06. The number of nitrogens with zero attached hydrogens (tertiary/aromatic N) is 1. The van der Waals surface area contributed by atoms with Crippen molar-refractivity contribution in [1.29, 1.82) is 0 Å². The summed E-state index contributed by atoms with van der Waals surface area (Å²) in [5, 5.41) is 3.07. The minimum Gasteiger partial charge on any atom is -0.316 e. The highest BCUT2D eigenvalue weighted by atomic mass is 32.2. The summed E-state index contributed by atoms with van der Waals surface area (Å²) in [5.74, 6) is 0. The van der Waals surface area contributed by atoms with Gasteiger partial charge in [-0.05, 0) is 50.6 Å². The van der Waals surface area contributed by atoms with E-state index < -0.39 is 10.0 Å².